The fourth-order valence-corrected chi connectivity index (χ4v) is 2.52. The van der Waals surface area contributed by atoms with Gasteiger partial charge in [-0.1, -0.05) is 0 Å². The Kier molecular flexibility index (Phi) is 7.53. The summed E-state index contributed by atoms with van der Waals surface area (Å²) in [6, 6.07) is 6.63. The average Bonchev–Trinajstić information content (AvgIpc) is 2.48. The van der Waals surface area contributed by atoms with Gasteiger partial charge in [-0.05, 0) is 12.1 Å². The lowest BCUT2D eigenvalue weighted by atomic mass is 10.2. The van der Waals surface area contributed by atoms with E-state index in [0.717, 1.165) is 31.9 Å². The van der Waals surface area contributed by atoms with Crippen LogP contribution in [-0.2, 0) is 4.74 Å². The SMILES string of the molecule is COCC(O)CN1CCN(c2ccc([N+](=O)[O-])cc2)CC1.Cl. The van der Waals surface area contributed by atoms with Crippen molar-refractivity contribution < 1.29 is 14.8 Å². The van der Waals surface area contributed by atoms with Gasteiger partial charge in [0, 0.05) is 57.7 Å². The summed E-state index contributed by atoms with van der Waals surface area (Å²) in [6.07, 6.45) is -0.457. The van der Waals surface area contributed by atoms with Crippen LogP contribution in [0.25, 0.3) is 0 Å². The summed E-state index contributed by atoms with van der Waals surface area (Å²) in [6.45, 7) is 4.37. The predicted molar refractivity (Wildman–Crippen MR) is 86.9 cm³/mol. The van der Waals surface area contributed by atoms with Crippen molar-refractivity contribution in [3.8, 4) is 0 Å². The number of nitrogens with zero attached hydrogens (tertiary/aromatic N) is 3. The second-order valence-corrected chi connectivity index (χ2v) is 5.17. The number of nitro benzene ring substituents is 1. The third kappa shape index (κ3) is 5.10. The molecular weight excluding hydrogens is 310 g/mol. The number of non-ortho nitro benzene ring substituents is 1. The molecule has 1 aliphatic rings. The van der Waals surface area contributed by atoms with Crippen LogP contribution in [-0.4, -0.2) is 67.5 Å². The van der Waals surface area contributed by atoms with Gasteiger partial charge >= 0.3 is 0 Å². The zero-order chi connectivity index (χ0) is 15.2. The molecule has 7 nitrogen and oxygen atoms in total. The maximum Gasteiger partial charge on any atom is 0.269 e. The highest BCUT2D eigenvalue weighted by Crippen LogP contribution is 2.20. The molecule has 0 bridgehead atoms. The van der Waals surface area contributed by atoms with E-state index in [-0.39, 0.29) is 23.0 Å². The van der Waals surface area contributed by atoms with Crippen molar-refractivity contribution >= 4 is 23.8 Å². The van der Waals surface area contributed by atoms with Crippen LogP contribution in [0.5, 0.6) is 0 Å². The zero-order valence-electron chi connectivity index (χ0n) is 12.6. The van der Waals surface area contributed by atoms with E-state index in [0.29, 0.717) is 13.2 Å². The molecule has 1 aromatic rings. The Morgan fingerprint density at radius 2 is 1.86 bits per heavy atom. The van der Waals surface area contributed by atoms with Gasteiger partial charge in [-0.15, -0.1) is 12.4 Å². The monoisotopic (exact) mass is 331 g/mol. The van der Waals surface area contributed by atoms with E-state index in [1.807, 2.05) is 0 Å². The van der Waals surface area contributed by atoms with Gasteiger partial charge in [0.1, 0.15) is 0 Å². The van der Waals surface area contributed by atoms with Crippen LogP contribution in [0, 0.1) is 10.1 Å². The summed E-state index contributed by atoms with van der Waals surface area (Å²) in [7, 11) is 1.58. The fraction of sp³-hybridized carbons (Fsp3) is 0.571. The van der Waals surface area contributed by atoms with Gasteiger partial charge in [-0.25, -0.2) is 0 Å². The lowest BCUT2D eigenvalue weighted by Crippen LogP contribution is -2.49. The summed E-state index contributed by atoms with van der Waals surface area (Å²) in [4.78, 5) is 14.6. The molecule has 1 saturated heterocycles. The van der Waals surface area contributed by atoms with Crippen molar-refractivity contribution in [2.75, 3.05) is 51.3 Å². The number of hydrogen-bond acceptors (Lipinski definition) is 6. The molecule has 1 aromatic carbocycles. The summed E-state index contributed by atoms with van der Waals surface area (Å²) < 4.78 is 4.92. The molecule has 8 heteroatoms. The van der Waals surface area contributed by atoms with E-state index in [9.17, 15) is 15.2 Å². The number of hydrogen-bond donors (Lipinski definition) is 1. The second-order valence-electron chi connectivity index (χ2n) is 5.17. The smallest absolute Gasteiger partial charge is 0.269 e. The van der Waals surface area contributed by atoms with Crippen LogP contribution in [0.4, 0.5) is 11.4 Å². The van der Waals surface area contributed by atoms with E-state index in [2.05, 4.69) is 9.80 Å². The number of aliphatic hydroxyl groups is 1. The summed E-state index contributed by atoms with van der Waals surface area (Å²) in [5, 5.41) is 20.4. The molecule has 0 aromatic heterocycles. The summed E-state index contributed by atoms with van der Waals surface area (Å²) in [5.41, 5.74) is 1.11. The average molecular weight is 332 g/mol. The van der Waals surface area contributed by atoms with E-state index >= 15 is 0 Å². The third-order valence-corrected chi connectivity index (χ3v) is 3.63. The lowest BCUT2D eigenvalue weighted by Gasteiger charge is -2.36. The summed E-state index contributed by atoms with van der Waals surface area (Å²) >= 11 is 0. The minimum atomic E-state index is -0.457. The maximum atomic E-state index is 10.6. The van der Waals surface area contributed by atoms with Crippen molar-refractivity contribution in [2.24, 2.45) is 0 Å². The molecule has 1 fully saturated rings. The third-order valence-electron chi connectivity index (χ3n) is 3.63. The molecule has 1 atom stereocenters. The van der Waals surface area contributed by atoms with Gasteiger partial charge < -0.3 is 14.7 Å². The van der Waals surface area contributed by atoms with Crippen LogP contribution >= 0.6 is 12.4 Å². The minimum Gasteiger partial charge on any atom is -0.389 e. The summed E-state index contributed by atoms with van der Waals surface area (Å²) in [5.74, 6) is 0. The Labute approximate surface area is 136 Å². The number of ether oxygens (including phenoxy) is 1. The molecule has 1 aliphatic heterocycles. The normalized spacial score (nSPS) is 16.9. The van der Waals surface area contributed by atoms with Crippen LogP contribution in [0.3, 0.4) is 0 Å². The Morgan fingerprint density at radius 3 is 2.36 bits per heavy atom. The van der Waals surface area contributed by atoms with Crippen molar-refractivity contribution in [2.45, 2.75) is 6.10 Å². The van der Waals surface area contributed by atoms with Gasteiger partial charge in [-0.2, -0.15) is 0 Å². The quantitative estimate of drug-likeness (QED) is 0.622. The topological polar surface area (TPSA) is 79.1 Å². The fourth-order valence-electron chi connectivity index (χ4n) is 2.52. The number of anilines is 1. The van der Waals surface area contributed by atoms with Crippen LogP contribution < -0.4 is 4.90 Å². The van der Waals surface area contributed by atoms with E-state index in [4.69, 9.17) is 4.74 Å². The molecular formula is C14H22ClN3O4. The molecule has 0 amide bonds. The molecule has 22 heavy (non-hydrogen) atoms. The molecule has 0 spiro atoms. The number of aliphatic hydroxyl groups excluding tert-OH is 1. The Morgan fingerprint density at radius 1 is 1.27 bits per heavy atom. The number of rotatable bonds is 6. The molecule has 124 valence electrons. The highest BCUT2D eigenvalue weighted by Gasteiger charge is 2.19. The maximum absolute atomic E-state index is 10.6. The predicted octanol–water partition coefficient (Wildman–Crippen LogP) is 1.15. The highest BCUT2D eigenvalue weighted by atomic mass is 35.5. The first-order chi connectivity index (χ1) is 10.1. The molecule has 1 heterocycles. The van der Waals surface area contributed by atoms with Crippen molar-refractivity contribution in [3.05, 3.63) is 34.4 Å². The lowest BCUT2D eigenvalue weighted by molar-refractivity contribution is -0.384. The number of halogens is 1. The van der Waals surface area contributed by atoms with Gasteiger partial charge in [0.2, 0.25) is 0 Å². The van der Waals surface area contributed by atoms with E-state index in [1.165, 1.54) is 12.1 Å². The number of nitro groups is 1. The molecule has 2 rings (SSSR count). The van der Waals surface area contributed by atoms with Gasteiger partial charge in [0.05, 0.1) is 17.6 Å². The first kappa shape index (κ1) is 18.6. The number of methoxy groups -OCH3 is 1. The molecule has 1 unspecified atom stereocenters. The van der Waals surface area contributed by atoms with Crippen molar-refractivity contribution in [3.63, 3.8) is 0 Å². The molecule has 0 radical (unpaired) electrons. The Hall–Kier alpha value is -1.41. The van der Waals surface area contributed by atoms with E-state index < -0.39 is 6.10 Å². The van der Waals surface area contributed by atoms with Gasteiger partial charge in [0.15, 0.2) is 0 Å². The van der Waals surface area contributed by atoms with Crippen LogP contribution in [0.2, 0.25) is 0 Å². The second kappa shape index (κ2) is 8.89. The van der Waals surface area contributed by atoms with Crippen molar-refractivity contribution in [1.82, 2.24) is 4.90 Å². The standard InChI is InChI=1S/C14H21N3O4.ClH/c1-21-11-14(18)10-15-6-8-16(9-7-15)12-2-4-13(5-3-12)17(19)20;/h2-5,14,18H,6-11H2,1H3;1H. The molecule has 0 aliphatic carbocycles. The van der Waals surface area contributed by atoms with Crippen LogP contribution in [0.1, 0.15) is 0 Å². The first-order valence-corrected chi connectivity index (χ1v) is 6.99. The largest absolute Gasteiger partial charge is 0.389 e. The molecule has 1 N–H and O–H groups in total. The zero-order valence-corrected chi connectivity index (χ0v) is 13.4. The Bertz CT molecular complexity index is 464. The van der Waals surface area contributed by atoms with Gasteiger partial charge in [0.25, 0.3) is 5.69 Å². The highest BCUT2D eigenvalue weighted by molar-refractivity contribution is 5.85. The Balaban J connectivity index is 0.00000242. The number of β-amino-alcohol motifs (C(OH)–C–C–N with tert-alkyl or cyclic N) is 1. The van der Waals surface area contributed by atoms with E-state index in [1.54, 1.807) is 19.2 Å². The number of piperazine rings is 1. The van der Waals surface area contributed by atoms with Crippen LogP contribution in [0.15, 0.2) is 24.3 Å². The minimum absolute atomic E-state index is 0. The first-order valence-electron chi connectivity index (χ1n) is 6.99. The van der Waals surface area contributed by atoms with Gasteiger partial charge in [-0.3, -0.25) is 15.0 Å². The van der Waals surface area contributed by atoms with Crippen molar-refractivity contribution in [1.29, 1.82) is 0 Å². The molecule has 0 saturated carbocycles. The number of benzene rings is 1.